The predicted octanol–water partition coefficient (Wildman–Crippen LogP) is 1.06. The third kappa shape index (κ3) is 2.53. The van der Waals surface area contributed by atoms with Crippen LogP contribution in [0.2, 0.25) is 0 Å². The number of rotatable bonds is 3. The number of anilines is 1. The highest BCUT2D eigenvalue weighted by Gasteiger charge is 2.16. The fourth-order valence-corrected chi connectivity index (χ4v) is 2.15. The lowest BCUT2D eigenvalue weighted by atomic mass is 10.2. The molecular weight excluding hydrogens is 246 g/mol. The van der Waals surface area contributed by atoms with E-state index in [9.17, 15) is 4.79 Å². The number of nitrogens with one attached hydrogen (secondary N) is 1. The highest BCUT2D eigenvalue weighted by atomic mass is 16.5. The van der Waals surface area contributed by atoms with E-state index in [1.165, 1.54) is 0 Å². The molecule has 3 N–H and O–H groups in total. The van der Waals surface area contributed by atoms with Crippen molar-refractivity contribution in [3.63, 3.8) is 0 Å². The molecule has 1 aliphatic heterocycles. The summed E-state index contributed by atoms with van der Waals surface area (Å²) >= 11 is 0. The minimum absolute atomic E-state index is 0.0902. The molecule has 1 unspecified atom stereocenters. The van der Waals surface area contributed by atoms with Crippen LogP contribution < -0.4 is 16.0 Å². The van der Waals surface area contributed by atoms with Crippen LogP contribution in [0.25, 0.3) is 10.9 Å². The third-order valence-electron chi connectivity index (χ3n) is 3.14. The maximum atomic E-state index is 11.9. The first-order chi connectivity index (χ1) is 9.22. The molecule has 100 valence electrons. The van der Waals surface area contributed by atoms with Gasteiger partial charge in [-0.15, -0.1) is 0 Å². The molecule has 0 spiro atoms. The van der Waals surface area contributed by atoms with E-state index >= 15 is 0 Å². The number of ether oxygens (including phenoxy) is 2. The van der Waals surface area contributed by atoms with Crippen molar-refractivity contribution in [3.05, 3.63) is 28.6 Å². The number of aromatic amines is 1. The molecule has 6 nitrogen and oxygen atoms in total. The maximum Gasteiger partial charge on any atom is 0.297 e. The maximum absolute atomic E-state index is 11.9. The molecule has 1 atom stereocenters. The summed E-state index contributed by atoms with van der Waals surface area (Å²) in [5.41, 5.74) is 6.50. The van der Waals surface area contributed by atoms with Crippen LogP contribution in [0.5, 0.6) is 6.01 Å². The van der Waals surface area contributed by atoms with Crippen molar-refractivity contribution in [1.29, 1.82) is 0 Å². The number of hydrogen-bond acceptors (Lipinski definition) is 5. The van der Waals surface area contributed by atoms with E-state index in [1.807, 2.05) is 0 Å². The van der Waals surface area contributed by atoms with Gasteiger partial charge >= 0.3 is 0 Å². The van der Waals surface area contributed by atoms with E-state index in [1.54, 1.807) is 18.2 Å². The van der Waals surface area contributed by atoms with Gasteiger partial charge in [0, 0.05) is 12.3 Å². The molecule has 1 aromatic heterocycles. The Morgan fingerprint density at radius 3 is 3.21 bits per heavy atom. The van der Waals surface area contributed by atoms with Gasteiger partial charge in [-0.3, -0.25) is 9.78 Å². The fraction of sp³-hybridized carbons (Fsp3) is 0.385. The lowest BCUT2D eigenvalue weighted by Gasteiger charge is -2.10. The summed E-state index contributed by atoms with van der Waals surface area (Å²) in [6.45, 7) is 1.18. The van der Waals surface area contributed by atoms with E-state index in [0.29, 0.717) is 23.2 Å². The van der Waals surface area contributed by atoms with Gasteiger partial charge in [0.2, 0.25) is 0 Å². The lowest BCUT2D eigenvalue weighted by Crippen LogP contribution is -2.19. The van der Waals surface area contributed by atoms with Crippen LogP contribution in [0, 0.1) is 0 Å². The van der Waals surface area contributed by atoms with Crippen molar-refractivity contribution >= 4 is 16.6 Å². The van der Waals surface area contributed by atoms with Crippen LogP contribution in [0.15, 0.2) is 23.0 Å². The van der Waals surface area contributed by atoms with E-state index in [0.717, 1.165) is 19.4 Å². The van der Waals surface area contributed by atoms with Gasteiger partial charge in [-0.2, -0.15) is 4.98 Å². The molecular formula is C13H15N3O3. The summed E-state index contributed by atoms with van der Waals surface area (Å²) in [4.78, 5) is 18.7. The zero-order chi connectivity index (χ0) is 13.2. The molecule has 1 fully saturated rings. The monoisotopic (exact) mass is 261 g/mol. The number of nitrogens with two attached hydrogens (primary N) is 1. The summed E-state index contributed by atoms with van der Waals surface area (Å²) in [6, 6.07) is 5.24. The van der Waals surface area contributed by atoms with E-state index in [4.69, 9.17) is 15.2 Å². The minimum Gasteiger partial charge on any atom is -0.462 e. The lowest BCUT2D eigenvalue weighted by molar-refractivity contribution is 0.0646. The van der Waals surface area contributed by atoms with Crippen molar-refractivity contribution in [3.8, 4) is 6.01 Å². The molecule has 19 heavy (non-hydrogen) atoms. The molecule has 2 heterocycles. The highest BCUT2D eigenvalue weighted by Crippen LogP contribution is 2.15. The van der Waals surface area contributed by atoms with Gasteiger partial charge < -0.3 is 15.2 Å². The van der Waals surface area contributed by atoms with Crippen LogP contribution >= 0.6 is 0 Å². The Morgan fingerprint density at radius 1 is 1.53 bits per heavy atom. The Bertz CT molecular complexity index is 647. The standard InChI is InChI=1S/C13H15N3O3/c14-8-3-4-11-10(6-8)12(17)16-13(15-11)19-7-9-2-1-5-18-9/h3-4,6,9H,1-2,5,7,14H2,(H,15,16,17). The average Bonchev–Trinajstić information content (AvgIpc) is 2.90. The van der Waals surface area contributed by atoms with Crippen molar-refractivity contribution in [2.24, 2.45) is 0 Å². The zero-order valence-corrected chi connectivity index (χ0v) is 10.4. The minimum atomic E-state index is -0.250. The van der Waals surface area contributed by atoms with E-state index in [-0.39, 0.29) is 17.7 Å². The van der Waals surface area contributed by atoms with Gasteiger partial charge in [0.15, 0.2) is 0 Å². The van der Waals surface area contributed by atoms with Crippen LogP contribution in [0.4, 0.5) is 5.69 Å². The zero-order valence-electron chi connectivity index (χ0n) is 10.4. The second-order valence-corrected chi connectivity index (χ2v) is 4.59. The average molecular weight is 261 g/mol. The Balaban J connectivity index is 1.84. The number of benzene rings is 1. The van der Waals surface area contributed by atoms with Crippen LogP contribution in [-0.4, -0.2) is 29.3 Å². The molecule has 0 radical (unpaired) electrons. The summed E-state index contributed by atoms with van der Waals surface area (Å²) in [5.74, 6) is 0. The van der Waals surface area contributed by atoms with Gasteiger partial charge in [-0.05, 0) is 31.0 Å². The molecule has 3 rings (SSSR count). The predicted molar refractivity (Wildman–Crippen MR) is 71.2 cm³/mol. The van der Waals surface area contributed by atoms with E-state index in [2.05, 4.69) is 9.97 Å². The molecule has 0 amide bonds. The summed E-state index contributed by atoms with van der Waals surface area (Å²) < 4.78 is 10.9. The fourth-order valence-electron chi connectivity index (χ4n) is 2.15. The molecule has 1 aliphatic rings. The second kappa shape index (κ2) is 4.89. The van der Waals surface area contributed by atoms with Crippen LogP contribution in [0.3, 0.4) is 0 Å². The molecule has 1 aromatic carbocycles. The van der Waals surface area contributed by atoms with Gasteiger partial charge in [0.05, 0.1) is 17.0 Å². The van der Waals surface area contributed by atoms with Crippen molar-refractivity contribution in [1.82, 2.24) is 9.97 Å². The molecule has 0 bridgehead atoms. The molecule has 6 heteroatoms. The Labute approximate surface area is 109 Å². The largest absolute Gasteiger partial charge is 0.462 e. The first-order valence-electron chi connectivity index (χ1n) is 6.26. The smallest absolute Gasteiger partial charge is 0.297 e. The molecule has 1 saturated heterocycles. The SMILES string of the molecule is Nc1ccc2nc(OCC3CCCO3)[nH]c(=O)c2c1. The van der Waals surface area contributed by atoms with Crippen LogP contribution in [0.1, 0.15) is 12.8 Å². The molecule has 2 aromatic rings. The Morgan fingerprint density at radius 2 is 2.42 bits per heavy atom. The summed E-state index contributed by atoms with van der Waals surface area (Å²) in [6.07, 6.45) is 2.12. The normalized spacial score (nSPS) is 18.8. The second-order valence-electron chi connectivity index (χ2n) is 4.59. The van der Waals surface area contributed by atoms with E-state index < -0.39 is 0 Å². The summed E-state index contributed by atoms with van der Waals surface area (Å²) in [7, 11) is 0. The number of H-pyrrole nitrogens is 1. The van der Waals surface area contributed by atoms with Crippen LogP contribution in [-0.2, 0) is 4.74 Å². The number of hydrogen-bond donors (Lipinski definition) is 2. The highest BCUT2D eigenvalue weighted by molar-refractivity contribution is 5.81. The van der Waals surface area contributed by atoms with Crippen molar-refractivity contribution in [2.75, 3.05) is 18.9 Å². The van der Waals surface area contributed by atoms with Gasteiger partial charge in [-0.1, -0.05) is 0 Å². The Hall–Kier alpha value is -2.08. The molecule has 0 saturated carbocycles. The van der Waals surface area contributed by atoms with Crippen molar-refractivity contribution in [2.45, 2.75) is 18.9 Å². The summed E-state index contributed by atoms with van der Waals surface area (Å²) in [5, 5.41) is 0.462. The first-order valence-corrected chi connectivity index (χ1v) is 6.26. The van der Waals surface area contributed by atoms with Gasteiger partial charge in [0.25, 0.3) is 11.6 Å². The molecule has 0 aliphatic carbocycles. The number of nitrogen functional groups attached to an aromatic ring is 1. The number of fused-ring (bicyclic) bond motifs is 1. The third-order valence-corrected chi connectivity index (χ3v) is 3.14. The Kier molecular flexibility index (Phi) is 3.08. The number of aromatic nitrogens is 2. The van der Waals surface area contributed by atoms with Crippen molar-refractivity contribution < 1.29 is 9.47 Å². The van der Waals surface area contributed by atoms with Gasteiger partial charge in [-0.25, -0.2) is 0 Å². The quantitative estimate of drug-likeness (QED) is 0.806. The van der Waals surface area contributed by atoms with Gasteiger partial charge in [0.1, 0.15) is 6.61 Å². The first kappa shape index (κ1) is 12.0. The number of nitrogens with zero attached hydrogens (tertiary/aromatic N) is 1. The topological polar surface area (TPSA) is 90.2 Å².